The van der Waals surface area contributed by atoms with Gasteiger partial charge in [0.25, 0.3) is 5.91 Å². The smallest absolute Gasteiger partial charge is 0.275 e. The van der Waals surface area contributed by atoms with Crippen molar-refractivity contribution in [3.05, 3.63) is 73.9 Å². The van der Waals surface area contributed by atoms with Crippen LogP contribution in [0.15, 0.2) is 36.4 Å². The highest BCUT2D eigenvalue weighted by Gasteiger charge is 2.21. The zero-order valence-corrected chi connectivity index (χ0v) is 19.1. The molecule has 0 bridgehead atoms. The zero-order chi connectivity index (χ0) is 22.5. The number of ketones is 1. The Morgan fingerprint density at radius 3 is 2.23 bits per heavy atom. The lowest BCUT2D eigenvalue weighted by molar-refractivity contribution is 0.0951. The average molecular weight is 481 g/mol. The van der Waals surface area contributed by atoms with Gasteiger partial charge in [0, 0.05) is 23.7 Å². The summed E-state index contributed by atoms with van der Waals surface area (Å²) < 4.78 is 1.55. The third-order valence-electron chi connectivity index (χ3n) is 4.40. The number of aromatic nitrogens is 3. The number of carbonyl (C=O) groups is 2. The second-order valence-electron chi connectivity index (χ2n) is 6.60. The Morgan fingerprint density at radius 2 is 1.65 bits per heavy atom. The highest BCUT2D eigenvalue weighted by molar-refractivity contribution is 6.41. The Labute approximate surface area is 194 Å². The van der Waals surface area contributed by atoms with Gasteiger partial charge in [-0.1, -0.05) is 40.0 Å². The highest BCUT2D eigenvalue weighted by Crippen LogP contribution is 2.30. The molecule has 0 saturated carbocycles. The summed E-state index contributed by atoms with van der Waals surface area (Å²) in [6.45, 7) is 5.04. The van der Waals surface area contributed by atoms with Crippen LogP contribution in [0.3, 0.4) is 0 Å². The Hall–Kier alpha value is -2.61. The average Bonchev–Trinajstić information content (AvgIpc) is 3.11. The van der Waals surface area contributed by atoms with Crippen molar-refractivity contribution < 1.29 is 9.59 Å². The molecule has 2 aromatic carbocycles. The standard InChI is InChI=1S/C21H20Cl3N5O2/c1-3-25-20-18(21(31)26-4-2)27-28-29(20)11-12-9-15(23)17(16(24)10-12)19(30)13-5-7-14(22)8-6-13/h5-10,25H,3-4,11H2,1-2H3,(H,26,31). The molecule has 0 spiro atoms. The summed E-state index contributed by atoms with van der Waals surface area (Å²) in [4.78, 5) is 25.1. The van der Waals surface area contributed by atoms with Crippen LogP contribution >= 0.6 is 34.8 Å². The number of carbonyl (C=O) groups excluding carboxylic acids is 2. The molecule has 0 unspecified atom stereocenters. The van der Waals surface area contributed by atoms with E-state index in [1.807, 2.05) is 13.8 Å². The minimum absolute atomic E-state index is 0.204. The summed E-state index contributed by atoms with van der Waals surface area (Å²) in [5, 5.41) is 14.9. The Morgan fingerprint density at radius 1 is 1.00 bits per heavy atom. The molecule has 1 amide bonds. The molecule has 0 aliphatic carbocycles. The lowest BCUT2D eigenvalue weighted by atomic mass is 10.0. The summed E-state index contributed by atoms with van der Waals surface area (Å²) in [5.41, 5.74) is 1.55. The molecule has 162 valence electrons. The molecule has 2 N–H and O–H groups in total. The van der Waals surface area contributed by atoms with Crippen LogP contribution in [0.5, 0.6) is 0 Å². The van der Waals surface area contributed by atoms with Gasteiger partial charge >= 0.3 is 0 Å². The molecule has 0 aliphatic heterocycles. The number of hydrogen-bond donors (Lipinski definition) is 2. The molecule has 10 heteroatoms. The predicted molar refractivity (Wildman–Crippen MR) is 123 cm³/mol. The van der Waals surface area contributed by atoms with E-state index in [4.69, 9.17) is 34.8 Å². The van der Waals surface area contributed by atoms with Gasteiger partial charge in [-0.05, 0) is 55.8 Å². The van der Waals surface area contributed by atoms with Gasteiger partial charge in [-0.3, -0.25) is 9.59 Å². The van der Waals surface area contributed by atoms with E-state index in [-0.39, 0.29) is 39.5 Å². The number of anilines is 1. The molecule has 0 saturated heterocycles. The van der Waals surface area contributed by atoms with Crippen molar-refractivity contribution in [3.8, 4) is 0 Å². The molecule has 1 heterocycles. The van der Waals surface area contributed by atoms with Crippen LogP contribution < -0.4 is 10.6 Å². The molecule has 0 atom stereocenters. The first-order valence-corrected chi connectivity index (χ1v) is 10.7. The van der Waals surface area contributed by atoms with E-state index in [2.05, 4.69) is 20.9 Å². The fourth-order valence-electron chi connectivity index (χ4n) is 3.02. The van der Waals surface area contributed by atoms with Crippen molar-refractivity contribution in [3.63, 3.8) is 0 Å². The Bertz CT molecular complexity index is 1090. The van der Waals surface area contributed by atoms with E-state index in [1.165, 1.54) is 0 Å². The number of hydrogen-bond acceptors (Lipinski definition) is 5. The lowest BCUT2D eigenvalue weighted by Gasteiger charge is -2.12. The number of nitrogens with zero attached hydrogens (tertiary/aromatic N) is 3. The third-order valence-corrected chi connectivity index (χ3v) is 5.25. The maximum Gasteiger partial charge on any atom is 0.275 e. The molecular weight excluding hydrogens is 461 g/mol. The second-order valence-corrected chi connectivity index (χ2v) is 7.86. The van der Waals surface area contributed by atoms with Crippen molar-refractivity contribution >= 4 is 52.3 Å². The van der Waals surface area contributed by atoms with E-state index >= 15 is 0 Å². The van der Waals surface area contributed by atoms with E-state index in [1.54, 1.807) is 41.1 Å². The molecular formula is C21H20Cl3N5O2. The van der Waals surface area contributed by atoms with Crippen LogP contribution in [0, 0.1) is 0 Å². The molecule has 3 aromatic rings. The summed E-state index contributed by atoms with van der Waals surface area (Å²) in [5.74, 6) is -0.127. The molecule has 0 aliphatic rings. The first-order chi connectivity index (χ1) is 14.8. The largest absolute Gasteiger partial charge is 0.369 e. The van der Waals surface area contributed by atoms with Crippen LogP contribution in [-0.4, -0.2) is 39.8 Å². The first kappa shape index (κ1) is 23.1. The summed E-state index contributed by atoms with van der Waals surface area (Å²) in [7, 11) is 0. The lowest BCUT2D eigenvalue weighted by Crippen LogP contribution is -2.24. The van der Waals surface area contributed by atoms with Gasteiger partial charge in [-0.2, -0.15) is 0 Å². The highest BCUT2D eigenvalue weighted by atomic mass is 35.5. The van der Waals surface area contributed by atoms with E-state index < -0.39 is 0 Å². The normalized spacial score (nSPS) is 10.7. The van der Waals surface area contributed by atoms with Crippen molar-refractivity contribution in [2.45, 2.75) is 20.4 Å². The number of amides is 1. The maximum atomic E-state index is 12.9. The van der Waals surface area contributed by atoms with Gasteiger partial charge in [0.05, 0.1) is 22.2 Å². The fraction of sp³-hybridized carbons (Fsp3) is 0.238. The molecule has 7 nitrogen and oxygen atoms in total. The minimum atomic E-state index is -0.315. The SMILES string of the molecule is CCNC(=O)c1nnn(Cc2cc(Cl)c(C(=O)c3ccc(Cl)cc3)c(Cl)c2)c1NCC. The van der Waals surface area contributed by atoms with Gasteiger partial charge in [0.15, 0.2) is 17.3 Å². The van der Waals surface area contributed by atoms with E-state index in [0.717, 1.165) is 0 Å². The number of halogens is 3. The molecule has 3 rings (SSSR count). The van der Waals surface area contributed by atoms with Gasteiger partial charge in [0.1, 0.15) is 0 Å². The Balaban J connectivity index is 1.91. The van der Waals surface area contributed by atoms with Crippen molar-refractivity contribution in [1.29, 1.82) is 0 Å². The van der Waals surface area contributed by atoms with Gasteiger partial charge < -0.3 is 10.6 Å². The molecule has 0 fully saturated rings. The summed E-state index contributed by atoms with van der Waals surface area (Å²) in [6, 6.07) is 9.80. The Kier molecular flexibility index (Phi) is 7.54. The van der Waals surface area contributed by atoms with E-state index in [9.17, 15) is 9.59 Å². The summed E-state index contributed by atoms with van der Waals surface area (Å²) in [6.07, 6.45) is 0. The molecule has 31 heavy (non-hydrogen) atoms. The number of rotatable bonds is 8. The van der Waals surface area contributed by atoms with Crippen LogP contribution in [0.2, 0.25) is 15.1 Å². The predicted octanol–water partition coefficient (Wildman–Crippen LogP) is 4.70. The van der Waals surface area contributed by atoms with Crippen molar-refractivity contribution in [2.24, 2.45) is 0 Å². The number of nitrogens with one attached hydrogen (secondary N) is 2. The fourth-order valence-corrected chi connectivity index (χ4v) is 3.85. The molecule has 0 radical (unpaired) electrons. The first-order valence-electron chi connectivity index (χ1n) is 9.59. The van der Waals surface area contributed by atoms with E-state index in [0.29, 0.717) is 35.1 Å². The maximum absolute atomic E-state index is 12.9. The van der Waals surface area contributed by atoms with Crippen molar-refractivity contribution in [2.75, 3.05) is 18.4 Å². The topological polar surface area (TPSA) is 88.9 Å². The zero-order valence-electron chi connectivity index (χ0n) is 16.9. The number of benzene rings is 2. The summed E-state index contributed by atoms with van der Waals surface area (Å²) >= 11 is 18.7. The molecule has 1 aromatic heterocycles. The third kappa shape index (κ3) is 5.18. The van der Waals surface area contributed by atoms with Gasteiger partial charge in [-0.25, -0.2) is 4.68 Å². The van der Waals surface area contributed by atoms with Crippen LogP contribution in [0.25, 0.3) is 0 Å². The quantitative estimate of drug-likeness (QED) is 0.456. The van der Waals surface area contributed by atoms with Crippen LogP contribution in [0.4, 0.5) is 5.82 Å². The van der Waals surface area contributed by atoms with Gasteiger partial charge in [-0.15, -0.1) is 5.10 Å². The second kappa shape index (κ2) is 10.1. The minimum Gasteiger partial charge on any atom is -0.369 e. The van der Waals surface area contributed by atoms with Crippen LogP contribution in [0.1, 0.15) is 45.8 Å². The van der Waals surface area contributed by atoms with Gasteiger partial charge in [0.2, 0.25) is 0 Å². The monoisotopic (exact) mass is 479 g/mol. The van der Waals surface area contributed by atoms with Crippen molar-refractivity contribution in [1.82, 2.24) is 20.3 Å². The van der Waals surface area contributed by atoms with Crippen LogP contribution in [-0.2, 0) is 6.54 Å².